The fourth-order valence-electron chi connectivity index (χ4n) is 7.85. The molecule has 47 heavy (non-hydrogen) atoms. The lowest BCUT2D eigenvalue weighted by Gasteiger charge is -2.24. The Morgan fingerprint density at radius 1 is 0.298 bits per heavy atom. The standard InChI is InChI=1S/C46H28O/c1-2-16-32-29(12-1)13-10-22-33(32)30-14-9-15-31(28-30)44-35-18-3-5-20-37(35)45(38-21-6-4-19-36(38)44)41-27-26-40-34-17-7-8-24-42(34)47-43-25-11-23-39(41)46(40)43/h1-28H. The highest BCUT2D eigenvalue weighted by Crippen LogP contribution is 2.51. The van der Waals surface area contributed by atoms with Crippen molar-refractivity contribution in [2.24, 2.45) is 0 Å². The van der Waals surface area contributed by atoms with E-state index in [9.17, 15) is 0 Å². The molecule has 0 amide bonds. The van der Waals surface area contributed by atoms with Gasteiger partial charge in [0.25, 0.3) is 0 Å². The van der Waals surface area contributed by atoms with Gasteiger partial charge in [-0.1, -0.05) is 152 Å². The minimum atomic E-state index is 0.909. The van der Waals surface area contributed by atoms with Gasteiger partial charge in [0.15, 0.2) is 0 Å². The van der Waals surface area contributed by atoms with Crippen LogP contribution >= 0.6 is 0 Å². The second-order valence-electron chi connectivity index (χ2n) is 12.4. The van der Waals surface area contributed by atoms with Gasteiger partial charge in [0.05, 0.1) is 0 Å². The molecule has 1 aliphatic rings. The Kier molecular flexibility index (Phi) is 5.64. The van der Waals surface area contributed by atoms with Crippen molar-refractivity contribution >= 4 is 43.1 Å². The van der Waals surface area contributed by atoms with Crippen LogP contribution in [0.15, 0.2) is 170 Å². The molecule has 0 fully saturated rings. The summed E-state index contributed by atoms with van der Waals surface area (Å²) >= 11 is 0. The van der Waals surface area contributed by atoms with Gasteiger partial charge < -0.3 is 4.74 Å². The van der Waals surface area contributed by atoms with Gasteiger partial charge in [0.1, 0.15) is 11.5 Å². The molecule has 0 aliphatic carbocycles. The number of benzene rings is 9. The molecule has 0 atom stereocenters. The van der Waals surface area contributed by atoms with Gasteiger partial charge in [-0.15, -0.1) is 0 Å². The molecule has 0 saturated carbocycles. The van der Waals surface area contributed by atoms with Crippen LogP contribution in [0.4, 0.5) is 0 Å². The van der Waals surface area contributed by atoms with E-state index >= 15 is 0 Å². The number of para-hydroxylation sites is 1. The number of ether oxygens (including phenoxy) is 1. The summed E-state index contributed by atoms with van der Waals surface area (Å²) in [6.45, 7) is 0. The number of rotatable bonds is 3. The highest BCUT2D eigenvalue weighted by Gasteiger charge is 2.23. The van der Waals surface area contributed by atoms with Crippen molar-refractivity contribution in [3.63, 3.8) is 0 Å². The monoisotopic (exact) mass is 596 g/mol. The maximum absolute atomic E-state index is 6.47. The SMILES string of the molecule is c1cc(-c2cccc3ccccc23)cc(-c2c3ccccc3c(-c3ccc4c5c(cccc35)Oc3ccccc3-4)c3ccccc23)c1. The molecule has 0 unspecified atom stereocenters. The van der Waals surface area contributed by atoms with Crippen LogP contribution < -0.4 is 4.74 Å². The first-order valence-electron chi connectivity index (χ1n) is 16.2. The van der Waals surface area contributed by atoms with Crippen molar-refractivity contribution in [3.8, 4) is 56.0 Å². The van der Waals surface area contributed by atoms with E-state index in [0.29, 0.717) is 0 Å². The Labute approximate surface area is 272 Å². The molecular weight excluding hydrogens is 569 g/mol. The lowest BCUT2D eigenvalue weighted by Crippen LogP contribution is -1.98. The Morgan fingerprint density at radius 3 is 1.64 bits per heavy atom. The van der Waals surface area contributed by atoms with E-state index in [4.69, 9.17) is 4.74 Å². The van der Waals surface area contributed by atoms with Crippen LogP contribution in [0, 0.1) is 0 Å². The zero-order valence-electron chi connectivity index (χ0n) is 25.6. The van der Waals surface area contributed by atoms with Gasteiger partial charge >= 0.3 is 0 Å². The van der Waals surface area contributed by atoms with Crippen LogP contribution in [0.3, 0.4) is 0 Å². The lowest BCUT2D eigenvalue weighted by molar-refractivity contribution is 0.487. The predicted molar refractivity (Wildman–Crippen MR) is 198 cm³/mol. The molecule has 0 radical (unpaired) electrons. The van der Waals surface area contributed by atoms with Crippen LogP contribution in [-0.4, -0.2) is 0 Å². The number of hydrogen-bond donors (Lipinski definition) is 0. The zero-order chi connectivity index (χ0) is 30.9. The van der Waals surface area contributed by atoms with E-state index in [2.05, 4.69) is 164 Å². The molecule has 0 bridgehead atoms. The molecule has 0 spiro atoms. The maximum Gasteiger partial charge on any atom is 0.135 e. The molecule has 218 valence electrons. The Morgan fingerprint density at radius 2 is 0.830 bits per heavy atom. The van der Waals surface area contributed by atoms with Crippen molar-refractivity contribution in [3.05, 3.63) is 170 Å². The molecule has 9 aromatic carbocycles. The zero-order valence-corrected chi connectivity index (χ0v) is 25.6. The molecular formula is C46H28O. The van der Waals surface area contributed by atoms with Crippen LogP contribution in [-0.2, 0) is 0 Å². The molecule has 0 aromatic heterocycles. The molecule has 0 saturated heterocycles. The fourth-order valence-corrected chi connectivity index (χ4v) is 7.85. The fraction of sp³-hybridized carbons (Fsp3) is 0. The molecule has 1 heteroatoms. The number of hydrogen-bond acceptors (Lipinski definition) is 1. The third-order valence-corrected chi connectivity index (χ3v) is 9.85. The van der Waals surface area contributed by atoms with Crippen molar-refractivity contribution in [2.75, 3.05) is 0 Å². The van der Waals surface area contributed by atoms with Crippen LogP contribution in [0.5, 0.6) is 11.5 Å². The molecule has 9 aromatic rings. The molecule has 1 aliphatic heterocycles. The Bertz CT molecular complexity index is 2650. The topological polar surface area (TPSA) is 9.23 Å². The minimum Gasteiger partial charge on any atom is -0.456 e. The van der Waals surface area contributed by atoms with E-state index < -0.39 is 0 Å². The third kappa shape index (κ3) is 3.90. The van der Waals surface area contributed by atoms with Gasteiger partial charge in [0, 0.05) is 10.9 Å². The summed E-state index contributed by atoms with van der Waals surface area (Å²) in [6, 6.07) is 61.5. The van der Waals surface area contributed by atoms with E-state index in [1.165, 1.54) is 82.0 Å². The third-order valence-electron chi connectivity index (χ3n) is 9.85. The summed E-state index contributed by atoms with van der Waals surface area (Å²) in [5.74, 6) is 1.82. The second kappa shape index (κ2) is 10.2. The average Bonchev–Trinajstić information content (AvgIpc) is 3.14. The molecule has 0 N–H and O–H groups in total. The van der Waals surface area contributed by atoms with Crippen LogP contribution in [0.2, 0.25) is 0 Å². The first-order valence-corrected chi connectivity index (χ1v) is 16.2. The van der Waals surface area contributed by atoms with Crippen molar-refractivity contribution in [1.82, 2.24) is 0 Å². The van der Waals surface area contributed by atoms with Gasteiger partial charge in [0.2, 0.25) is 0 Å². The first-order chi connectivity index (χ1) is 23.3. The maximum atomic E-state index is 6.47. The summed E-state index contributed by atoms with van der Waals surface area (Å²) in [7, 11) is 0. The summed E-state index contributed by atoms with van der Waals surface area (Å²) in [5, 5.41) is 9.89. The van der Waals surface area contributed by atoms with Crippen LogP contribution in [0.25, 0.3) is 87.6 Å². The lowest BCUT2D eigenvalue weighted by atomic mass is 9.83. The Hall–Kier alpha value is -6.18. The van der Waals surface area contributed by atoms with E-state index in [1.54, 1.807) is 0 Å². The Balaban J connectivity index is 1.26. The number of fused-ring (bicyclic) bond motifs is 5. The van der Waals surface area contributed by atoms with Crippen molar-refractivity contribution < 1.29 is 4.74 Å². The van der Waals surface area contributed by atoms with E-state index in [1.807, 2.05) is 6.07 Å². The van der Waals surface area contributed by atoms with E-state index in [-0.39, 0.29) is 0 Å². The summed E-state index contributed by atoms with van der Waals surface area (Å²) < 4.78 is 6.47. The van der Waals surface area contributed by atoms with Gasteiger partial charge in [-0.2, -0.15) is 0 Å². The summed E-state index contributed by atoms with van der Waals surface area (Å²) in [6.07, 6.45) is 0. The quantitative estimate of drug-likeness (QED) is 0.184. The van der Waals surface area contributed by atoms with Gasteiger partial charge in [-0.05, 0) is 94.8 Å². The highest BCUT2D eigenvalue weighted by atomic mass is 16.5. The van der Waals surface area contributed by atoms with Gasteiger partial charge in [-0.3, -0.25) is 0 Å². The highest BCUT2D eigenvalue weighted by molar-refractivity contribution is 6.24. The van der Waals surface area contributed by atoms with Crippen LogP contribution in [0.1, 0.15) is 0 Å². The minimum absolute atomic E-state index is 0.909. The average molecular weight is 597 g/mol. The summed E-state index contributed by atoms with van der Waals surface area (Å²) in [5.41, 5.74) is 9.79. The largest absolute Gasteiger partial charge is 0.456 e. The normalized spacial score (nSPS) is 12.0. The molecule has 1 heterocycles. The second-order valence-corrected chi connectivity index (χ2v) is 12.4. The van der Waals surface area contributed by atoms with Gasteiger partial charge in [-0.25, -0.2) is 0 Å². The molecule has 10 rings (SSSR count). The predicted octanol–water partition coefficient (Wildman–Crippen LogP) is 13.1. The molecule has 1 nitrogen and oxygen atoms in total. The first kappa shape index (κ1) is 26.1. The summed E-state index contributed by atoms with van der Waals surface area (Å²) in [4.78, 5) is 0. The smallest absolute Gasteiger partial charge is 0.135 e. The van der Waals surface area contributed by atoms with E-state index in [0.717, 1.165) is 17.1 Å². The van der Waals surface area contributed by atoms with Crippen molar-refractivity contribution in [2.45, 2.75) is 0 Å². The van der Waals surface area contributed by atoms with Crippen molar-refractivity contribution in [1.29, 1.82) is 0 Å².